The van der Waals surface area contributed by atoms with E-state index >= 15 is 0 Å². The molecule has 0 aromatic rings. The predicted octanol–water partition coefficient (Wildman–Crippen LogP) is 5.18. The highest BCUT2D eigenvalue weighted by Crippen LogP contribution is 2.60. The molecule has 1 N–H and O–H groups in total. The van der Waals surface area contributed by atoms with Gasteiger partial charge in [-0.25, -0.2) is 0 Å². The second-order valence-corrected chi connectivity index (χ2v) is 12.7. The van der Waals surface area contributed by atoms with Crippen LogP contribution in [0, 0.1) is 0 Å². The van der Waals surface area contributed by atoms with Crippen LogP contribution in [0.3, 0.4) is 0 Å². The smallest absolute Gasteiger partial charge is 0.0408 e. The van der Waals surface area contributed by atoms with E-state index < -0.39 is 0 Å². The summed E-state index contributed by atoms with van der Waals surface area (Å²) in [6.45, 7) is 21.8. The SMILES string of the molecule is CCN(CC)CC1=CC(N(C)C)=C/C(=C\P(C(C)(C)C)C(C)(C)C)N1. The molecule has 0 bridgehead atoms. The largest absolute Gasteiger partial charge is 0.378 e. The second kappa shape index (κ2) is 8.73. The van der Waals surface area contributed by atoms with Gasteiger partial charge >= 0.3 is 0 Å². The number of hydrogen-bond donors (Lipinski definition) is 1. The summed E-state index contributed by atoms with van der Waals surface area (Å²) in [5.74, 6) is 2.51. The maximum atomic E-state index is 3.71. The quantitative estimate of drug-likeness (QED) is 0.654. The minimum absolute atomic E-state index is 0.279. The average molecular weight is 366 g/mol. The molecule has 1 heterocycles. The highest BCUT2D eigenvalue weighted by molar-refractivity contribution is 7.64. The molecule has 0 aromatic heterocycles. The maximum Gasteiger partial charge on any atom is 0.0408 e. The predicted molar refractivity (Wildman–Crippen MR) is 115 cm³/mol. The third-order valence-corrected chi connectivity index (χ3v) is 7.88. The van der Waals surface area contributed by atoms with Gasteiger partial charge in [0.2, 0.25) is 0 Å². The molecule has 0 saturated heterocycles. The van der Waals surface area contributed by atoms with E-state index in [9.17, 15) is 0 Å². The first-order valence-electron chi connectivity index (χ1n) is 9.48. The number of rotatable bonds is 6. The molecule has 0 atom stereocenters. The van der Waals surface area contributed by atoms with Gasteiger partial charge < -0.3 is 10.2 Å². The Bertz CT molecular complexity index is 512. The Morgan fingerprint density at radius 3 is 1.88 bits per heavy atom. The van der Waals surface area contributed by atoms with E-state index in [1.54, 1.807) is 0 Å². The first-order chi connectivity index (χ1) is 11.4. The normalized spacial score (nSPS) is 17.7. The van der Waals surface area contributed by atoms with Crippen LogP contribution >= 0.6 is 7.92 Å². The Hall–Kier alpha value is -0.790. The molecule has 1 rings (SSSR count). The molecule has 0 radical (unpaired) electrons. The monoisotopic (exact) mass is 365 g/mol. The zero-order chi connectivity index (χ0) is 19.4. The van der Waals surface area contributed by atoms with Gasteiger partial charge in [0.25, 0.3) is 0 Å². The van der Waals surface area contributed by atoms with Crippen LogP contribution in [0.2, 0.25) is 0 Å². The van der Waals surface area contributed by atoms with Crippen LogP contribution in [0.15, 0.2) is 35.1 Å². The second-order valence-electron chi connectivity index (χ2n) is 9.02. The number of allylic oxidation sites excluding steroid dienone is 2. The molecule has 0 unspecified atom stereocenters. The van der Waals surface area contributed by atoms with Crippen molar-refractivity contribution in [3.05, 3.63) is 35.1 Å². The van der Waals surface area contributed by atoms with Crippen molar-refractivity contribution in [2.24, 2.45) is 0 Å². The van der Waals surface area contributed by atoms with Gasteiger partial charge in [-0.1, -0.05) is 63.3 Å². The number of likely N-dealkylation sites (N-methyl/N-ethyl adjacent to an activating group) is 2. The lowest BCUT2D eigenvalue weighted by Crippen LogP contribution is -2.32. The molecule has 1 aliphatic heterocycles. The molecule has 0 spiro atoms. The molecule has 4 heteroatoms. The molecule has 0 aliphatic carbocycles. The van der Waals surface area contributed by atoms with Crippen LogP contribution in [-0.2, 0) is 0 Å². The van der Waals surface area contributed by atoms with Crippen LogP contribution in [0.4, 0.5) is 0 Å². The minimum Gasteiger partial charge on any atom is -0.378 e. The van der Waals surface area contributed by atoms with Gasteiger partial charge in [-0.2, -0.15) is 0 Å². The Morgan fingerprint density at radius 2 is 1.48 bits per heavy atom. The molecule has 144 valence electrons. The number of hydrogen-bond acceptors (Lipinski definition) is 3. The number of nitrogens with zero attached hydrogens (tertiary/aromatic N) is 2. The van der Waals surface area contributed by atoms with Crippen molar-refractivity contribution in [2.75, 3.05) is 33.7 Å². The first-order valence-corrected chi connectivity index (χ1v) is 10.9. The fourth-order valence-electron chi connectivity index (χ4n) is 3.27. The molecular formula is C21H40N3P. The van der Waals surface area contributed by atoms with Crippen LogP contribution in [0.1, 0.15) is 55.4 Å². The summed E-state index contributed by atoms with van der Waals surface area (Å²) in [6, 6.07) is 0. The van der Waals surface area contributed by atoms with Gasteiger partial charge in [-0.05, 0) is 41.4 Å². The van der Waals surface area contributed by atoms with Crippen molar-refractivity contribution in [2.45, 2.75) is 65.7 Å². The van der Waals surface area contributed by atoms with Gasteiger partial charge in [0.05, 0.1) is 0 Å². The zero-order valence-electron chi connectivity index (χ0n) is 18.2. The molecular weight excluding hydrogens is 325 g/mol. The van der Waals surface area contributed by atoms with E-state index in [1.807, 2.05) is 0 Å². The third-order valence-electron chi connectivity index (χ3n) is 4.45. The lowest BCUT2D eigenvalue weighted by atomic mass is 10.2. The molecule has 0 aromatic carbocycles. The van der Waals surface area contributed by atoms with Crippen molar-refractivity contribution in [3.63, 3.8) is 0 Å². The van der Waals surface area contributed by atoms with Crippen LogP contribution in [0.5, 0.6) is 0 Å². The topological polar surface area (TPSA) is 18.5 Å². The summed E-state index contributed by atoms with van der Waals surface area (Å²) in [5.41, 5.74) is 3.81. The lowest BCUT2D eigenvalue weighted by Gasteiger charge is -2.40. The molecule has 0 fully saturated rings. The summed E-state index contributed by atoms with van der Waals surface area (Å²) < 4.78 is 0. The number of nitrogens with one attached hydrogen (secondary N) is 1. The highest BCUT2D eigenvalue weighted by atomic mass is 31.1. The summed E-state index contributed by atoms with van der Waals surface area (Å²) >= 11 is 0. The fourth-order valence-corrected chi connectivity index (χ4v) is 6.48. The Morgan fingerprint density at radius 1 is 0.960 bits per heavy atom. The van der Waals surface area contributed by atoms with Crippen LogP contribution < -0.4 is 5.32 Å². The fraction of sp³-hybridized carbons (Fsp3) is 0.714. The van der Waals surface area contributed by atoms with Crippen molar-refractivity contribution in [1.82, 2.24) is 15.1 Å². The third kappa shape index (κ3) is 6.79. The van der Waals surface area contributed by atoms with E-state index in [0.29, 0.717) is 0 Å². The van der Waals surface area contributed by atoms with E-state index in [0.717, 1.165) is 19.6 Å². The molecule has 0 saturated carbocycles. The van der Waals surface area contributed by atoms with E-state index in [-0.39, 0.29) is 18.2 Å². The van der Waals surface area contributed by atoms with Crippen LogP contribution in [-0.4, -0.2) is 53.8 Å². The molecule has 3 nitrogen and oxygen atoms in total. The maximum absolute atomic E-state index is 3.71. The van der Waals surface area contributed by atoms with E-state index in [4.69, 9.17) is 0 Å². The van der Waals surface area contributed by atoms with Crippen LogP contribution in [0.25, 0.3) is 0 Å². The van der Waals surface area contributed by atoms with Gasteiger partial charge in [0.15, 0.2) is 0 Å². The number of dihydropyridines is 1. The highest BCUT2D eigenvalue weighted by Gasteiger charge is 2.33. The standard InChI is InChI=1S/C21H40N3P/c1-11-24(12-2)15-17-13-19(23(9)10)14-18(22-17)16-25(20(3,4)5)21(6,7)8/h13-14,16,22H,11-12,15H2,1-10H3/b18-16+. The molecule has 0 amide bonds. The van der Waals surface area contributed by atoms with Crippen molar-refractivity contribution in [3.8, 4) is 0 Å². The van der Waals surface area contributed by atoms with Gasteiger partial charge in [-0.3, -0.25) is 4.90 Å². The van der Waals surface area contributed by atoms with Gasteiger partial charge in [-0.15, -0.1) is 0 Å². The van der Waals surface area contributed by atoms with Crippen molar-refractivity contribution in [1.29, 1.82) is 0 Å². The van der Waals surface area contributed by atoms with Gasteiger partial charge in [0, 0.05) is 37.7 Å². The summed E-state index contributed by atoms with van der Waals surface area (Å²) in [4.78, 5) is 4.65. The molecule has 25 heavy (non-hydrogen) atoms. The Balaban J connectivity index is 3.20. The van der Waals surface area contributed by atoms with Gasteiger partial charge in [0.1, 0.15) is 0 Å². The first kappa shape index (κ1) is 22.3. The van der Waals surface area contributed by atoms with E-state index in [2.05, 4.69) is 103 Å². The summed E-state index contributed by atoms with van der Waals surface area (Å²) in [7, 11) is 3.96. The van der Waals surface area contributed by atoms with Crippen molar-refractivity contribution < 1.29 is 0 Å². The van der Waals surface area contributed by atoms with Crippen molar-refractivity contribution >= 4 is 7.92 Å². The Kier molecular flexibility index (Phi) is 7.77. The zero-order valence-corrected chi connectivity index (χ0v) is 19.1. The average Bonchev–Trinajstić information content (AvgIpc) is 2.47. The lowest BCUT2D eigenvalue weighted by molar-refractivity contribution is 0.324. The van der Waals surface area contributed by atoms with E-state index in [1.165, 1.54) is 17.1 Å². The summed E-state index contributed by atoms with van der Waals surface area (Å²) in [5, 5.41) is 4.28. The molecule has 1 aliphatic rings. The Labute approximate surface area is 158 Å². The summed E-state index contributed by atoms with van der Waals surface area (Å²) in [6.07, 6.45) is 4.57. The minimum atomic E-state index is -0.279.